The molecule has 1 N–H and O–H groups in total. The smallest absolute Gasteiger partial charge is 0.370 e. The first kappa shape index (κ1) is 11.7. The molecule has 0 amide bonds. The number of halogens is 4. The maximum atomic E-state index is 12.8. The van der Waals surface area contributed by atoms with Crippen LogP contribution in [0.4, 0.5) is 23.2 Å². The lowest BCUT2D eigenvalue weighted by molar-refractivity contribution is -0.151. The highest BCUT2D eigenvalue weighted by atomic mass is 19.4. The number of anilines is 1. The van der Waals surface area contributed by atoms with Crippen LogP contribution in [0.2, 0.25) is 0 Å². The van der Waals surface area contributed by atoms with Crippen LogP contribution in [-0.4, -0.2) is 11.7 Å². The fourth-order valence-electron chi connectivity index (χ4n) is 1.58. The molecule has 1 fully saturated rings. The Bertz CT molecular complexity index is 483. The summed E-state index contributed by atoms with van der Waals surface area (Å²) in [5.74, 6) is -0.649. The fraction of sp³-hybridized carbons (Fsp3) is 0.364. The number of rotatable bonds is 2. The fourth-order valence-corrected chi connectivity index (χ4v) is 1.58. The van der Waals surface area contributed by atoms with E-state index in [9.17, 15) is 17.6 Å². The lowest BCUT2D eigenvalue weighted by Gasteiger charge is -2.22. The summed E-state index contributed by atoms with van der Waals surface area (Å²) >= 11 is 0. The molecule has 0 unspecified atom stereocenters. The van der Waals surface area contributed by atoms with Gasteiger partial charge in [0.05, 0.1) is 11.3 Å². The van der Waals surface area contributed by atoms with Gasteiger partial charge in [-0.25, -0.2) is 4.39 Å². The molecule has 1 aromatic carbocycles. The third kappa shape index (κ3) is 2.05. The van der Waals surface area contributed by atoms with Crippen LogP contribution in [0.5, 0.6) is 0 Å². The minimum atomic E-state index is -4.37. The summed E-state index contributed by atoms with van der Waals surface area (Å²) in [4.78, 5) is 0. The summed E-state index contributed by atoms with van der Waals surface area (Å²) in [5, 5.41) is 11.0. The standard InChI is InChI=1S/C11H8F4N2/c12-8-1-2-9(7(5-8)6-16)17-10(3-4-10)11(13,14)15/h1-2,5,17H,3-4H2. The maximum absolute atomic E-state index is 12.8. The van der Waals surface area contributed by atoms with E-state index < -0.39 is 17.5 Å². The number of nitriles is 1. The molecule has 1 saturated carbocycles. The van der Waals surface area contributed by atoms with Crippen molar-refractivity contribution in [1.29, 1.82) is 5.26 Å². The Morgan fingerprint density at radius 2 is 1.94 bits per heavy atom. The SMILES string of the molecule is N#Cc1cc(F)ccc1NC1(C(F)(F)F)CC1. The largest absolute Gasteiger partial charge is 0.411 e. The number of nitrogens with one attached hydrogen (secondary N) is 1. The van der Waals surface area contributed by atoms with Gasteiger partial charge in [-0.05, 0) is 31.0 Å². The third-order valence-corrected chi connectivity index (χ3v) is 2.77. The molecule has 2 rings (SSSR count). The molecule has 6 heteroatoms. The summed E-state index contributed by atoms with van der Waals surface area (Å²) in [7, 11) is 0. The lowest BCUT2D eigenvalue weighted by atomic mass is 10.1. The highest BCUT2D eigenvalue weighted by Gasteiger charge is 2.63. The second-order valence-corrected chi connectivity index (χ2v) is 4.01. The van der Waals surface area contributed by atoms with Crippen molar-refractivity contribution in [2.75, 3.05) is 5.32 Å². The molecule has 0 aliphatic heterocycles. The van der Waals surface area contributed by atoms with Gasteiger partial charge in [-0.2, -0.15) is 18.4 Å². The van der Waals surface area contributed by atoms with Crippen LogP contribution in [0, 0.1) is 17.1 Å². The van der Waals surface area contributed by atoms with Gasteiger partial charge in [0.15, 0.2) is 0 Å². The van der Waals surface area contributed by atoms with E-state index in [2.05, 4.69) is 5.32 Å². The van der Waals surface area contributed by atoms with E-state index in [4.69, 9.17) is 5.26 Å². The Kier molecular flexibility index (Phi) is 2.49. The highest BCUT2D eigenvalue weighted by Crippen LogP contribution is 2.51. The van der Waals surface area contributed by atoms with Gasteiger partial charge in [0.1, 0.15) is 17.4 Å². The zero-order valence-electron chi connectivity index (χ0n) is 8.61. The topological polar surface area (TPSA) is 35.8 Å². The Labute approximate surface area is 94.9 Å². The van der Waals surface area contributed by atoms with E-state index in [0.29, 0.717) is 0 Å². The van der Waals surface area contributed by atoms with E-state index >= 15 is 0 Å². The Morgan fingerprint density at radius 3 is 2.41 bits per heavy atom. The molecule has 0 radical (unpaired) electrons. The normalized spacial score (nSPS) is 17.4. The zero-order chi connectivity index (χ0) is 12.7. The molecule has 1 aliphatic rings. The molecule has 0 aromatic heterocycles. The summed E-state index contributed by atoms with van der Waals surface area (Å²) < 4.78 is 50.8. The molecular formula is C11H8F4N2. The molecule has 1 aliphatic carbocycles. The van der Waals surface area contributed by atoms with Crippen molar-refractivity contribution < 1.29 is 17.6 Å². The number of alkyl halides is 3. The van der Waals surface area contributed by atoms with Crippen LogP contribution in [0.25, 0.3) is 0 Å². The van der Waals surface area contributed by atoms with Gasteiger partial charge in [-0.3, -0.25) is 0 Å². The summed E-state index contributed by atoms with van der Waals surface area (Å²) in [6.07, 6.45) is -4.42. The van der Waals surface area contributed by atoms with Gasteiger partial charge < -0.3 is 5.32 Å². The van der Waals surface area contributed by atoms with Crippen LogP contribution in [0.1, 0.15) is 18.4 Å². The maximum Gasteiger partial charge on any atom is 0.411 e. The van der Waals surface area contributed by atoms with Gasteiger partial charge in [-0.15, -0.1) is 0 Å². The Hall–Kier alpha value is -1.77. The van der Waals surface area contributed by atoms with E-state index in [1.807, 2.05) is 0 Å². The van der Waals surface area contributed by atoms with Crippen LogP contribution in [0.15, 0.2) is 18.2 Å². The lowest BCUT2D eigenvalue weighted by Crippen LogP contribution is -2.38. The number of benzene rings is 1. The Balaban J connectivity index is 2.29. The first-order chi connectivity index (χ1) is 7.88. The summed E-state index contributed by atoms with van der Waals surface area (Å²) in [6.45, 7) is 0. The molecule has 0 saturated heterocycles. The minimum Gasteiger partial charge on any atom is -0.370 e. The molecule has 17 heavy (non-hydrogen) atoms. The first-order valence-electron chi connectivity index (χ1n) is 4.92. The number of hydrogen-bond donors (Lipinski definition) is 1. The second kappa shape index (κ2) is 3.62. The summed E-state index contributed by atoms with van der Waals surface area (Å²) in [5.41, 5.74) is -2.06. The van der Waals surface area contributed by atoms with Gasteiger partial charge in [0.2, 0.25) is 0 Å². The average molecular weight is 244 g/mol. The highest BCUT2D eigenvalue weighted by molar-refractivity contribution is 5.60. The molecule has 2 nitrogen and oxygen atoms in total. The Morgan fingerprint density at radius 1 is 1.29 bits per heavy atom. The molecule has 0 bridgehead atoms. The van der Waals surface area contributed by atoms with Gasteiger partial charge >= 0.3 is 6.18 Å². The molecule has 0 spiro atoms. The van der Waals surface area contributed by atoms with Crippen molar-refractivity contribution >= 4 is 5.69 Å². The van der Waals surface area contributed by atoms with Crippen molar-refractivity contribution in [2.45, 2.75) is 24.6 Å². The van der Waals surface area contributed by atoms with E-state index in [1.165, 1.54) is 0 Å². The predicted octanol–water partition coefficient (Wildman–Crippen LogP) is 3.20. The van der Waals surface area contributed by atoms with Gasteiger partial charge in [0, 0.05) is 0 Å². The van der Waals surface area contributed by atoms with Crippen molar-refractivity contribution in [2.24, 2.45) is 0 Å². The molecule has 1 aromatic rings. The molecular weight excluding hydrogens is 236 g/mol. The number of hydrogen-bond acceptors (Lipinski definition) is 2. The van der Waals surface area contributed by atoms with Crippen molar-refractivity contribution in [1.82, 2.24) is 0 Å². The van der Waals surface area contributed by atoms with E-state index in [-0.39, 0.29) is 24.1 Å². The van der Waals surface area contributed by atoms with Crippen molar-refractivity contribution in [3.8, 4) is 6.07 Å². The van der Waals surface area contributed by atoms with Gasteiger partial charge in [-0.1, -0.05) is 0 Å². The minimum absolute atomic E-state index is 0.0173. The van der Waals surface area contributed by atoms with Crippen LogP contribution in [0.3, 0.4) is 0 Å². The average Bonchev–Trinajstić information content (AvgIpc) is 3.01. The van der Waals surface area contributed by atoms with E-state index in [1.54, 1.807) is 6.07 Å². The van der Waals surface area contributed by atoms with Crippen LogP contribution < -0.4 is 5.32 Å². The molecule has 90 valence electrons. The summed E-state index contributed by atoms with van der Waals surface area (Å²) in [6, 6.07) is 4.76. The molecule has 0 heterocycles. The van der Waals surface area contributed by atoms with Gasteiger partial charge in [0.25, 0.3) is 0 Å². The first-order valence-corrected chi connectivity index (χ1v) is 4.92. The molecule has 0 atom stereocenters. The second-order valence-electron chi connectivity index (χ2n) is 4.01. The van der Waals surface area contributed by atoms with E-state index in [0.717, 1.165) is 18.2 Å². The monoisotopic (exact) mass is 244 g/mol. The third-order valence-electron chi connectivity index (χ3n) is 2.77. The predicted molar refractivity (Wildman–Crippen MR) is 52.8 cm³/mol. The van der Waals surface area contributed by atoms with Crippen molar-refractivity contribution in [3.05, 3.63) is 29.6 Å². The zero-order valence-corrected chi connectivity index (χ0v) is 8.61. The van der Waals surface area contributed by atoms with Crippen LogP contribution in [-0.2, 0) is 0 Å². The van der Waals surface area contributed by atoms with Crippen molar-refractivity contribution in [3.63, 3.8) is 0 Å². The quantitative estimate of drug-likeness (QED) is 0.811. The van der Waals surface area contributed by atoms with Crippen LogP contribution >= 0.6 is 0 Å². The number of nitrogens with zero attached hydrogens (tertiary/aromatic N) is 1.